The van der Waals surface area contributed by atoms with Gasteiger partial charge in [-0.2, -0.15) is 12.3 Å². The Kier molecular flexibility index (Phi) is 5.04. The molecule has 0 aliphatic carbocycles. The molecule has 0 saturated carbocycles. The summed E-state index contributed by atoms with van der Waals surface area (Å²) in [4.78, 5) is 4.62. The Morgan fingerprint density at radius 3 is 2.57 bits per heavy atom. The lowest BCUT2D eigenvalue weighted by Gasteiger charge is -2.39. The zero-order valence-electron chi connectivity index (χ0n) is 15.5. The second-order valence-electron chi connectivity index (χ2n) is 6.82. The van der Waals surface area contributed by atoms with E-state index in [2.05, 4.69) is 11.4 Å². The van der Waals surface area contributed by atoms with Gasteiger partial charge >= 0.3 is 10.0 Å². The minimum absolute atomic E-state index is 0.152. The number of hydrogen-bond acceptors (Lipinski definition) is 4. The van der Waals surface area contributed by atoms with Gasteiger partial charge in [0.05, 0.1) is 20.2 Å². The first kappa shape index (κ1) is 19.2. The van der Waals surface area contributed by atoms with Crippen molar-refractivity contribution in [1.82, 2.24) is 8.87 Å². The number of piperidine rings is 1. The van der Waals surface area contributed by atoms with Crippen molar-refractivity contribution in [3.8, 4) is 5.75 Å². The summed E-state index contributed by atoms with van der Waals surface area (Å²) < 4.78 is 33.4. The third-order valence-electron chi connectivity index (χ3n) is 5.32. The standard InChI is InChI=1S/C21H21ClN2O3S/c1-27-19-10-11-20(18-9-6-12-23-21(18)19)28(25,26)24(13-3-2-4-14-24)17-8-5-7-16(22)15-17/h2,5-12,15H,3-4,13-14H2,1H3/q+1. The molecule has 1 aliphatic rings. The van der Waals surface area contributed by atoms with Crippen LogP contribution in [0.25, 0.3) is 10.9 Å². The normalized spacial score (nSPS) is 16.8. The highest BCUT2D eigenvalue weighted by Gasteiger charge is 2.47. The zero-order chi connectivity index (χ0) is 19.8. The number of methoxy groups -OCH3 is 1. The van der Waals surface area contributed by atoms with E-state index < -0.39 is 10.0 Å². The van der Waals surface area contributed by atoms with Crippen molar-refractivity contribution >= 4 is 38.2 Å². The molecular formula is C21H21ClN2O3S+. The fraction of sp³-hybridized carbons (Fsp3) is 0.238. The fourth-order valence-electron chi connectivity index (χ4n) is 3.92. The Morgan fingerprint density at radius 2 is 1.86 bits per heavy atom. The van der Waals surface area contributed by atoms with Crippen LogP contribution in [-0.4, -0.2) is 33.6 Å². The maximum Gasteiger partial charge on any atom is 0.332 e. The number of sulfonamides is 1. The number of ether oxygens (including phenoxy) is 1. The summed E-state index contributed by atoms with van der Waals surface area (Å²) in [6, 6.07) is 14.0. The van der Waals surface area contributed by atoms with E-state index in [9.17, 15) is 8.42 Å². The topological polar surface area (TPSA) is 56.3 Å². The van der Waals surface area contributed by atoms with Crippen LogP contribution in [0.15, 0.2) is 59.6 Å². The minimum Gasteiger partial charge on any atom is -0.494 e. The molecule has 145 valence electrons. The molecule has 0 bridgehead atoms. The molecule has 1 saturated heterocycles. The minimum atomic E-state index is -3.78. The molecule has 3 aromatic rings. The number of halogens is 1. The summed E-state index contributed by atoms with van der Waals surface area (Å²) in [5.74, 6) is 0.552. The fourth-order valence-corrected chi connectivity index (χ4v) is 6.25. The van der Waals surface area contributed by atoms with Crippen LogP contribution in [0.4, 0.5) is 5.69 Å². The average molecular weight is 417 g/mol. The van der Waals surface area contributed by atoms with E-state index in [1.807, 2.05) is 6.07 Å². The second-order valence-corrected chi connectivity index (χ2v) is 9.35. The molecule has 1 fully saturated rings. The molecular weight excluding hydrogens is 396 g/mol. The van der Waals surface area contributed by atoms with Gasteiger partial charge in [-0.3, -0.25) is 4.98 Å². The molecule has 0 spiro atoms. The van der Waals surface area contributed by atoms with E-state index in [0.29, 0.717) is 40.5 Å². The Morgan fingerprint density at radius 1 is 1.07 bits per heavy atom. The molecule has 0 amide bonds. The number of aromatic nitrogens is 1. The Bertz CT molecular complexity index is 1130. The molecule has 5 nitrogen and oxygen atoms in total. The SMILES string of the molecule is COc1ccc(S(=O)(=O)[N+]2(c3cccc(Cl)c3)CC[CH]CC2)c2cccnc12. The van der Waals surface area contributed by atoms with Gasteiger partial charge in [0, 0.05) is 41.6 Å². The zero-order valence-corrected chi connectivity index (χ0v) is 17.1. The summed E-state index contributed by atoms with van der Waals surface area (Å²) in [6.07, 6.45) is 5.22. The van der Waals surface area contributed by atoms with E-state index in [-0.39, 0.29) is 8.78 Å². The van der Waals surface area contributed by atoms with Crippen LogP contribution in [0.5, 0.6) is 5.75 Å². The van der Waals surface area contributed by atoms with Gasteiger partial charge in [-0.15, -0.1) is 0 Å². The molecule has 0 atom stereocenters. The number of nitrogens with zero attached hydrogens (tertiary/aromatic N) is 2. The van der Waals surface area contributed by atoms with E-state index in [4.69, 9.17) is 16.3 Å². The van der Waals surface area contributed by atoms with Crippen molar-refractivity contribution in [3.63, 3.8) is 0 Å². The number of pyridine rings is 1. The Balaban J connectivity index is 1.99. The maximum absolute atomic E-state index is 14.1. The van der Waals surface area contributed by atoms with Gasteiger partial charge in [-0.25, -0.2) is 0 Å². The molecule has 2 heterocycles. The summed E-state index contributed by atoms with van der Waals surface area (Å²) in [6.45, 7) is 0.937. The third kappa shape index (κ3) is 2.96. The van der Waals surface area contributed by atoms with Crippen molar-refractivity contribution < 1.29 is 13.2 Å². The molecule has 7 heteroatoms. The second kappa shape index (κ2) is 7.35. The largest absolute Gasteiger partial charge is 0.494 e. The van der Waals surface area contributed by atoms with Gasteiger partial charge in [0.15, 0.2) is 0 Å². The van der Waals surface area contributed by atoms with Gasteiger partial charge in [0.1, 0.15) is 21.8 Å². The van der Waals surface area contributed by atoms with Crippen LogP contribution in [0, 0.1) is 6.42 Å². The first-order valence-electron chi connectivity index (χ1n) is 9.11. The van der Waals surface area contributed by atoms with Crippen LogP contribution >= 0.6 is 11.6 Å². The third-order valence-corrected chi connectivity index (χ3v) is 7.96. The summed E-state index contributed by atoms with van der Waals surface area (Å²) in [5, 5.41) is 1.09. The van der Waals surface area contributed by atoms with Crippen LogP contribution < -0.4 is 8.63 Å². The van der Waals surface area contributed by atoms with Gasteiger partial charge < -0.3 is 4.74 Å². The molecule has 1 aromatic heterocycles. The van der Waals surface area contributed by atoms with Crippen molar-refractivity contribution in [2.75, 3.05) is 20.2 Å². The van der Waals surface area contributed by atoms with Crippen LogP contribution in [0.1, 0.15) is 12.8 Å². The van der Waals surface area contributed by atoms with Gasteiger partial charge in [-0.1, -0.05) is 17.7 Å². The van der Waals surface area contributed by atoms with Crippen LogP contribution in [-0.2, 0) is 10.0 Å². The van der Waals surface area contributed by atoms with Gasteiger partial charge in [0.2, 0.25) is 0 Å². The predicted octanol–water partition coefficient (Wildman–Crippen LogP) is 4.59. The van der Waals surface area contributed by atoms with E-state index >= 15 is 0 Å². The molecule has 2 aromatic carbocycles. The molecule has 0 N–H and O–H groups in total. The van der Waals surface area contributed by atoms with Gasteiger partial charge in [0.25, 0.3) is 0 Å². The van der Waals surface area contributed by atoms with Crippen molar-refractivity contribution in [2.24, 2.45) is 0 Å². The molecule has 4 rings (SSSR count). The average Bonchev–Trinajstić information content (AvgIpc) is 2.73. The lowest BCUT2D eigenvalue weighted by Crippen LogP contribution is -2.57. The number of hydrogen-bond donors (Lipinski definition) is 0. The van der Waals surface area contributed by atoms with E-state index in [0.717, 1.165) is 12.8 Å². The quantitative estimate of drug-likeness (QED) is 0.583. The van der Waals surface area contributed by atoms with Crippen LogP contribution in [0.3, 0.4) is 0 Å². The number of quaternary nitrogens is 1. The smallest absolute Gasteiger partial charge is 0.332 e. The highest BCUT2D eigenvalue weighted by molar-refractivity contribution is 7.91. The molecule has 0 unspecified atom stereocenters. The summed E-state index contributed by atoms with van der Waals surface area (Å²) >= 11 is 6.22. The van der Waals surface area contributed by atoms with Crippen molar-refractivity contribution in [3.05, 3.63) is 66.2 Å². The lowest BCUT2D eigenvalue weighted by molar-refractivity contribution is 0.377. The van der Waals surface area contributed by atoms with Crippen LogP contribution in [0.2, 0.25) is 5.02 Å². The van der Waals surface area contributed by atoms with Crippen molar-refractivity contribution in [1.29, 1.82) is 0 Å². The monoisotopic (exact) mass is 416 g/mol. The highest BCUT2D eigenvalue weighted by atomic mass is 35.5. The number of benzene rings is 2. The molecule has 1 aliphatic heterocycles. The summed E-state index contributed by atoms with van der Waals surface area (Å²) in [7, 11) is -2.23. The van der Waals surface area contributed by atoms with E-state index in [1.165, 1.54) is 0 Å². The van der Waals surface area contributed by atoms with Crippen molar-refractivity contribution in [2.45, 2.75) is 17.7 Å². The first-order chi connectivity index (χ1) is 13.5. The van der Waals surface area contributed by atoms with E-state index in [1.54, 1.807) is 55.8 Å². The maximum atomic E-state index is 14.1. The number of fused-ring (bicyclic) bond motifs is 1. The first-order valence-corrected chi connectivity index (χ1v) is 10.9. The van der Waals surface area contributed by atoms with Gasteiger partial charge in [-0.05, 0) is 36.8 Å². The molecule has 1 radical (unpaired) electrons. The predicted molar refractivity (Wildman–Crippen MR) is 112 cm³/mol. The Hall–Kier alpha value is -2.15. The summed E-state index contributed by atoms with van der Waals surface area (Å²) in [5.41, 5.74) is 1.23. The molecule has 28 heavy (non-hydrogen) atoms. The highest BCUT2D eigenvalue weighted by Crippen LogP contribution is 2.40. The Labute approximate surface area is 170 Å². The lowest BCUT2D eigenvalue weighted by atomic mass is 10.1. The number of rotatable bonds is 4.